The van der Waals surface area contributed by atoms with Gasteiger partial charge in [-0.15, -0.1) is 0 Å². The zero-order valence-corrected chi connectivity index (χ0v) is 12.0. The molecule has 0 unspecified atom stereocenters. The lowest BCUT2D eigenvalue weighted by molar-refractivity contribution is 0.751. The molecule has 0 atom stereocenters. The lowest BCUT2D eigenvalue weighted by atomic mass is 10.1. The van der Waals surface area contributed by atoms with Crippen molar-refractivity contribution < 1.29 is 0 Å². The number of aryl methyl sites for hydroxylation is 2. The van der Waals surface area contributed by atoms with Gasteiger partial charge >= 0.3 is 0 Å². The number of benzene rings is 1. The summed E-state index contributed by atoms with van der Waals surface area (Å²) < 4.78 is 3.69. The van der Waals surface area contributed by atoms with Crippen molar-refractivity contribution in [3.05, 3.63) is 35.5 Å². The van der Waals surface area contributed by atoms with E-state index >= 15 is 0 Å². The SMILES string of the molecule is CCc1nn(C)c2c1nc(N)n2-c1ccc(CC#N)cc1. The van der Waals surface area contributed by atoms with Crippen LogP contribution in [0.25, 0.3) is 16.9 Å². The third-order valence-corrected chi connectivity index (χ3v) is 3.54. The van der Waals surface area contributed by atoms with E-state index in [4.69, 9.17) is 11.0 Å². The van der Waals surface area contributed by atoms with Gasteiger partial charge in [0.1, 0.15) is 5.52 Å². The van der Waals surface area contributed by atoms with Gasteiger partial charge in [-0.25, -0.2) is 9.67 Å². The third kappa shape index (κ3) is 2.03. The smallest absolute Gasteiger partial charge is 0.207 e. The van der Waals surface area contributed by atoms with Gasteiger partial charge < -0.3 is 5.73 Å². The van der Waals surface area contributed by atoms with Crippen LogP contribution in [0.5, 0.6) is 0 Å². The standard InChI is InChI=1S/C15H16N6/c1-3-12-13-14(20(2)19-12)21(15(17)18-13)11-6-4-10(5-7-11)8-9-16/h4-7H,3,8H2,1-2H3,(H2,17,18). The first kappa shape index (κ1) is 13.2. The molecule has 3 rings (SSSR count). The Balaban J connectivity index is 2.18. The Morgan fingerprint density at radius 2 is 2.00 bits per heavy atom. The molecular weight excluding hydrogens is 264 g/mol. The number of anilines is 1. The fourth-order valence-corrected chi connectivity index (χ4v) is 2.54. The van der Waals surface area contributed by atoms with Crippen molar-refractivity contribution in [1.82, 2.24) is 19.3 Å². The Hall–Kier alpha value is -2.81. The quantitative estimate of drug-likeness (QED) is 0.794. The summed E-state index contributed by atoms with van der Waals surface area (Å²) in [5.41, 5.74) is 10.7. The van der Waals surface area contributed by atoms with Crippen LogP contribution in [-0.2, 0) is 19.9 Å². The van der Waals surface area contributed by atoms with E-state index in [0.29, 0.717) is 12.4 Å². The molecule has 106 valence electrons. The van der Waals surface area contributed by atoms with Crippen molar-refractivity contribution in [2.24, 2.45) is 7.05 Å². The minimum Gasteiger partial charge on any atom is -0.369 e. The molecule has 6 heteroatoms. The van der Waals surface area contributed by atoms with Gasteiger partial charge in [-0.2, -0.15) is 10.4 Å². The summed E-state index contributed by atoms with van der Waals surface area (Å²) in [5, 5.41) is 13.2. The van der Waals surface area contributed by atoms with E-state index in [1.807, 2.05) is 42.8 Å². The van der Waals surface area contributed by atoms with Crippen molar-refractivity contribution >= 4 is 17.1 Å². The van der Waals surface area contributed by atoms with Gasteiger partial charge in [-0.05, 0) is 24.1 Å². The van der Waals surface area contributed by atoms with Crippen LogP contribution in [0.1, 0.15) is 18.2 Å². The molecule has 2 aromatic heterocycles. The van der Waals surface area contributed by atoms with E-state index in [-0.39, 0.29) is 0 Å². The lowest BCUT2D eigenvalue weighted by Gasteiger charge is -2.07. The second-order valence-corrected chi connectivity index (χ2v) is 4.90. The van der Waals surface area contributed by atoms with Crippen LogP contribution in [0.15, 0.2) is 24.3 Å². The highest BCUT2D eigenvalue weighted by molar-refractivity contribution is 5.80. The van der Waals surface area contributed by atoms with Crippen molar-refractivity contribution in [3.63, 3.8) is 0 Å². The van der Waals surface area contributed by atoms with E-state index in [0.717, 1.165) is 34.5 Å². The number of aromatic nitrogens is 4. The van der Waals surface area contributed by atoms with Gasteiger partial charge in [-0.1, -0.05) is 19.1 Å². The van der Waals surface area contributed by atoms with Crippen molar-refractivity contribution in [3.8, 4) is 11.8 Å². The molecule has 1 aromatic carbocycles. The number of imidazole rings is 1. The summed E-state index contributed by atoms with van der Waals surface area (Å²) >= 11 is 0. The molecular formula is C15H16N6. The minimum atomic E-state index is 0.404. The highest BCUT2D eigenvalue weighted by atomic mass is 15.3. The fraction of sp³-hybridized carbons (Fsp3) is 0.267. The van der Waals surface area contributed by atoms with Crippen molar-refractivity contribution in [1.29, 1.82) is 5.26 Å². The highest BCUT2D eigenvalue weighted by Gasteiger charge is 2.17. The second kappa shape index (κ2) is 4.94. The third-order valence-electron chi connectivity index (χ3n) is 3.54. The molecule has 2 heterocycles. The van der Waals surface area contributed by atoms with Crippen LogP contribution in [0.2, 0.25) is 0 Å². The summed E-state index contributed by atoms with van der Waals surface area (Å²) in [4.78, 5) is 4.44. The number of fused-ring (bicyclic) bond motifs is 1. The first-order valence-corrected chi connectivity index (χ1v) is 6.81. The fourth-order valence-electron chi connectivity index (χ4n) is 2.54. The largest absolute Gasteiger partial charge is 0.369 e. The van der Waals surface area contributed by atoms with E-state index in [1.54, 1.807) is 4.68 Å². The van der Waals surface area contributed by atoms with Crippen LogP contribution in [-0.4, -0.2) is 19.3 Å². The molecule has 0 radical (unpaired) electrons. The van der Waals surface area contributed by atoms with E-state index in [2.05, 4.69) is 16.2 Å². The second-order valence-electron chi connectivity index (χ2n) is 4.90. The average molecular weight is 280 g/mol. The molecule has 0 aliphatic heterocycles. The molecule has 3 aromatic rings. The Morgan fingerprint density at radius 1 is 1.29 bits per heavy atom. The van der Waals surface area contributed by atoms with Gasteiger partial charge in [0.2, 0.25) is 5.95 Å². The van der Waals surface area contributed by atoms with Gasteiger partial charge in [0.25, 0.3) is 0 Å². The molecule has 0 bridgehead atoms. The molecule has 0 saturated carbocycles. The predicted molar refractivity (Wildman–Crippen MR) is 80.9 cm³/mol. The summed E-state index contributed by atoms with van der Waals surface area (Å²) in [6, 6.07) is 9.90. The molecule has 6 nitrogen and oxygen atoms in total. The summed E-state index contributed by atoms with van der Waals surface area (Å²) in [6.07, 6.45) is 1.22. The van der Waals surface area contributed by atoms with Crippen molar-refractivity contribution in [2.75, 3.05) is 5.73 Å². The Kier molecular flexibility index (Phi) is 3.10. The number of nitrogen functional groups attached to an aromatic ring is 1. The van der Waals surface area contributed by atoms with Gasteiger partial charge in [0.15, 0.2) is 5.65 Å². The number of rotatable bonds is 3. The molecule has 0 saturated heterocycles. The number of hydrogen-bond acceptors (Lipinski definition) is 4. The number of hydrogen-bond donors (Lipinski definition) is 1. The summed E-state index contributed by atoms with van der Waals surface area (Å²) in [5.74, 6) is 0.445. The maximum Gasteiger partial charge on any atom is 0.207 e. The first-order chi connectivity index (χ1) is 10.2. The highest BCUT2D eigenvalue weighted by Crippen LogP contribution is 2.25. The zero-order valence-electron chi connectivity index (χ0n) is 12.0. The van der Waals surface area contributed by atoms with E-state index in [9.17, 15) is 0 Å². The van der Waals surface area contributed by atoms with Crippen LogP contribution in [0.4, 0.5) is 5.95 Å². The van der Waals surface area contributed by atoms with Gasteiger partial charge in [0, 0.05) is 7.05 Å². The first-order valence-electron chi connectivity index (χ1n) is 6.81. The Morgan fingerprint density at radius 3 is 2.62 bits per heavy atom. The predicted octanol–water partition coefficient (Wildman–Crippen LogP) is 1.97. The topological polar surface area (TPSA) is 85.5 Å². The Labute approximate surface area is 122 Å². The summed E-state index contributed by atoms with van der Waals surface area (Å²) in [6.45, 7) is 2.05. The van der Waals surface area contributed by atoms with Crippen LogP contribution < -0.4 is 5.73 Å². The van der Waals surface area contributed by atoms with Crippen LogP contribution in [0.3, 0.4) is 0 Å². The monoisotopic (exact) mass is 280 g/mol. The zero-order chi connectivity index (χ0) is 15.0. The van der Waals surface area contributed by atoms with E-state index in [1.165, 1.54) is 0 Å². The van der Waals surface area contributed by atoms with Gasteiger partial charge in [-0.3, -0.25) is 4.57 Å². The van der Waals surface area contributed by atoms with Gasteiger partial charge in [0.05, 0.1) is 23.9 Å². The molecule has 0 aliphatic rings. The minimum absolute atomic E-state index is 0.404. The lowest BCUT2D eigenvalue weighted by Crippen LogP contribution is -2.05. The molecule has 21 heavy (non-hydrogen) atoms. The molecule has 0 fully saturated rings. The molecule has 2 N–H and O–H groups in total. The maximum atomic E-state index is 8.73. The summed E-state index contributed by atoms with van der Waals surface area (Å²) in [7, 11) is 1.89. The number of nitrogens with zero attached hydrogens (tertiary/aromatic N) is 5. The number of nitriles is 1. The van der Waals surface area contributed by atoms with Crippen LogP contribution >= 0.6 is 0 Å². The Bertz CT molecular complexity index is 832. The number of nitrogens with two attached hydrogens (primary N) is 1. The van der Waals surface area contributed by atoms with E-state index < -0.39 is 0 Å². The normalized spacial score (nSPS) is 10.9. The molecule has 0 amide bonds. The van der Waals surface area contributed by atoms with Crippen LogP contribution in [0, 0.1) is 11.3 Å². The maximum absolute atomic E-state index is 8.73. The molecule has 0 spiro atoms. The molecule has 0 aliphatic carbocycles. The average Bonchev–Trinajstić information content (AvgIpc) is 2.97. The van der Waals surface area contributed by atoms with Crippen molar-refractivity contribution in [2.45, 2.75) is 19.8 Å².